The second-order valence-electron chi connectivity index (χ2n) is 7.06. The lowest BCUT2D eigenvalue weighted by Crippen LogP contribution is -2.31. The number of hydrogen-bond donors (Lipinski definition) is 3. The predicted molar refractivity (Wildman–Crippen MR) is 111 cm³/mol. The van der Waals surface area contributed by atoms with Gasteiger partial charge >= 0.3 is 0 Å². The lowest BCUT2D eigenvalue weighted by Gasteiger charge is -2.17. The van der Waals surface area contributed by atoms with E-state index in [9.17, 15) is 18.4 Å². The van der Waals surface area contributed by atoms with Gasteiger partial charge in [0.2, 0.25) is 5.95 Å². The van der Waals surface area contributed by atoms with Gasteiger partial charge in [-0.15, -0.1) is 5.10 Å². The van der Waals surface area contributed by atoms with Gasteiger partial charge in [0.05, 0.1) is 6.54 Å². The summed E-state index contributed by atoms with van der Waals surface area (Å²) in [5.41, 5.74) is 3.39. The van der Waals surface area contributed by atoms with Crippen LogP contribution < -0.4 is 16.0 Å². The van der Waals surface area contributed by atoms with Gasteiger partial charge in [0, 0.05) is 36.0 Å². The van der Waals surface area contributed by atoms with E-state index in [1.807, 2.05) is 12.1 Å². The first kappa shape index (κ1) is 20.5. The molecule has 2 heterocycles. The number of amides is 2. The van der Waals surface area contributed by atoms with Gasteiger partial charge in [0.1, 0.15) is 0 Å². The SMILES string of the molecule is Cn1nc(-c2ccc(C(=O)NCC(F)F)cc2)nc1Nc1ccc2c(c1)CCNC2=O. The molecule has 3 aromatic rings. The Balaban J connectivity index is 1.49. The van der Waals surface area contributed by atoms with Crippen molar-refractivity contribution in [1.82, 2.24) is 25.4 Å². The summed E-state index contributed by atoms with van der Waals surface area (Å²) in [6.07, 6.45) is -1.84. The summed E-state index contributed by atoms with van der Waals surface area (Å²) in [6, 6.07) is 11.9. The third kappa shape index (κ3) is 4.52. The second kappa shape index (κ2) is 8.50. The van der Waals surface area contributed by atoms with Crippen LogP contribution in [0.2, 0.25) is 0 Å². The van der Waals surface area contributed by atoms with Crippen LogP contribution in [0.1, 0.15) is 26.3 Å². The number of fused-ring (bicyclic) bond motifs is 1. The molecule has 0 saturated heterocycles. The highest BCUT2D eigenvalue weighted by Crippen LogP contribution is 2.23. The zero-order valence-electron chi connectivity index (χ0n) is 16.7. The van der Waals surface area contributed by atoms with Crippen LogP contribution in [0, 0.1) is 0 Å². The Labute approximate surface area is 176 Å². The number of nitrogens with one attached hydrogen (secondary N) is 3. The average molecular weight is 426 g/mol. The highest BCUT2D eigenvalue weighted by atomic mass is 19.3. The van der Waals surface area contributed by atoms with E-state index in [0.717, 1.165) is 17.7 Å². The van der Waals surface area contributed by atoms with Gasteiger partial charge in [-0.2, -0.15) is 4.98 Å². The predicted octanol–water partition coefficient (Wildman–Crippen LogP) is 2.51. The van der Waals surface area contributed by atoms with Gasteiger partial charge in [0.15, 0.2) is 5.82 Å². The van der Waals surface area contributed by atoms with E-state index < -0.39 is 18.9 Å². The number of aryl methyl sites for hydroxylation is 1. The number of benzene rings is 2. The van der Waals surface area contributed by atoms with Crippen LogP contribution >= 0.6 is 0 Å². The molecule has 0 unspecified atom stereocenters. The molecule has 0 aliphatic carbocycles. The fraction of sp³-hybridized carbons (Fsp3) is 0.238. The highest BCUT2D eigenvalue weighted by molar-refractivity contribution is 5.97. The molecule has 0 spiro atoms. The van der Waals surface area contributed by atoms with Crippen LogP contribution in [0.5, 0.6) is 0 Å². The summed E-state index contributed by atoms with van der Waals surface area (Å²) >= 11 is 0. The number of hydrogen-bond acceptors (Lipinski definition) is 5. The van der Waals surface area contributed by atoms with Crippen LogP contribution in [0.3, 0.4) is 0 Å². The van der Waals surface area contributed by atoms with Crippen LogP contribution in [-0.2, 0) is 13.5 Å². The van der Waals surface area contributed by atoms with E-state index >= 15 is 0 Å². The minimum atomic E-state index is -2.60. The molecule has 0 radical (unpaired) electrons. The van der Waals surface area contributed by atoms with Crippen molar-refractivity contribution in [2.75, 3.05) is 18.4 Å². The number of carbonyl (C=O) groups excluding carboxylic acids is 2. The summed E-state index contributed by atoms with van der Waals surface area (Å²) < 4.78 is 26.1. The third-order valence-electron chi connectivity index (χ3n) is 4.87. The Morgan fingerprint density at radius 3 is 2.74 bits per heavy atom. The van der Waals surface area contributed by atoms with Crippen molar-refractivity contribution in [2.45, 2.75) is 12.8 Å². The van der Waals surface area contributed by atoms with Crippen molar-refractivity contribution in [3.63, 3.8) is 0 Å². The molecule has 0 atom stereocenters. The molecule has 8 nitrogen and oxygen atoms in total. The zero-order valence-corrected chi connectivity index (χ0v) is 16.7. The lowest BCUT2D eigenvalue weighted by atomic mass is 10.00. The maximum Gasteiger partial charge on any atom is 0.255 e. The minimum absolute atomic E-state index is 0.0694. The maximum atomic E-state index is 12.2. The van der Waals surface area contributed by atoms with E-state index in [1.165, 1.54) is 12.1 Å². The number of alkyl halides is 2. The molecule has 0 saturated carbocycles. The smallest absolute Gasteiger partial charge is 0.255 e. The number of rotatable bonds is 6. The zero-order chi connectivity index (χ0) is 22.0. The normalized spacial score (nSPS) is 13.0. The Morgan fingerprint density at radius 1 is 1.23 bits per heavy atom. The Kier molecular flexibility index (Phi) is 5.61. The van der Waals surface area contributed by atoms with Gasteiger partial charge in [-0.3, -0.25) is 9.59 Å². The molecule has 0 fully saturated rings. The fourth-order valence-corrected chi connectivity index (χ4v) is 3.29. The van der Waals surface area contributed by atoms with Gasteiger partial charge in [0.25, 0.3) is 18.2 Å². The molecule has 31 heavy (non-hydrogen) atoms. The van der Waals surface area contributed by atoms with Crippen molar-refractivity contribution < 1.29 is 18.4 Å². The Bertz CT molecular complexity index is 1130. The maximum absolute atomic E-state index is 12.2. The molecule has 4 rings (SSSR count). The van der Waals surface area contributed by atoms with Gasteiger partial charge in [-0.25, -0.2) is 13.5 Å². The van der Waals surface area contributed by atoms with Crippen LogP contribution in [-0.4, -0.2) is 46.1 Å². The quantitative estimate of drug-likeness (QED) is 0.562. The van der Waals surface area contributed by atoms with Gasteiger partial charge in [-0.1, -0.05) is 12.1 Å². The monoisotopic (exact) mass is 426 g/mol. The number of halogens is 2. The van der Waals surface area contributed by atoms with E-state index in [4.69, 9.17) is 0 Å². The molecule has 160 valence electrons. The van der Waals surface area contributed by atoms with Crippen molar-refractivity contribution in [3.05, 3.63) is 59.2 Å². The van der Waals surface area contributed by atoms with Crippen LogP contribution in [0.15, 0.2) is 42.5 Å². The molecular weight excluding hydrogens is 406 g/mol. The number of nitrogens with zero attached hydrogens (tertiary/aromatic N) is 3. The van der Waals surface area contributed by atoms with Crippen LogP contribution in [0.4, 0.5) is 20.4 Å². The topological polar surface area (TPSA) is 101 Å². The van der Waals surface area contributed by atoms with Crippen molar-refractivity contribution >= 4 is 23.5 Å². The van der Waals surface area contributed by atoms with Gasteiger partial charge < -0.3 is 16.0 Å². The Hall–Kier alpha value is -3.82. The van der Waals surface area contributed by atoms with Gasteiger partial charge in [-0.05, 0) is 42.3 Å². The van der Waals surface area contributed by atoms with Crippen molar-refractivity contribution in [3.8, 4) is 11.4 Å². The number of carbonyl (C=O) groups is 2. The molecule has 2 aromatic carbocycles. The molecule has 2 amide bonds. The fourth-order valence-electron chi connectivity index (χ4n) is 3.29. The average Bonchev–Trinajstić information content (AvgIpc) is 3.12. The third-order valence-corrected chi connectivity index (χ3v) is 4.87. The van der Waals surface area contributed by atoms with E-state index in [2.05, 4.69) is 26.0 Å². The molecule has 1 aliphatic heterocycles. The standard InChI is InChI=1S/C21H20F2N6O2/c1-29-21(26-15-6-7-16-14(10-15)8-9-24-20(16)31)27-18(28-29)12-2-4-13(5-3-12)19(30)25-11-17(22)23/h2-7,10,17H,8-9,11H2,1H3,(H,24,31)(H,25,30)(H,26,27,28). The summed E-state index contributed by atoms with van der Waals surface area (Å²) in [4.78, 5) is 28.2. The van der Waals surface area contributed by atoms with Crippen molar-refractivity contribution in [1.29, 1.82) is 0 Å². The van der Waals surface area contributed by atoms with Crippen molar-refractivity contribution in [2.24, 2.45) is 7.05 Å². The molecular formula is C21H20F2N6O2. The van der Waals surface area contributed by atoms with E-state index in [-0.39, 0.29) is 11.5 Å². The molecule has 3 N–H and O–H groups in total. The highest BCUT2D eigenvalue weighted by Gasteiger charge is 2.17. The van der Waals surface area contributed by atoms with Crippen LogP contribution in [0.25, 0.3) is 11.4 Å². The minimum Gasteiger partial charge on any atom is -0.352 e. The largest absolute Gasteiger partial charge is 0.352 e. The summed E-state index contributed by atoms with van der Waals surface area (Å²) in [6.45, 7) is -0.0790. The first-order valence-corrected chi connectivity index (χ1v) is 9.66. The molecule has 1 aromatic heterocycles. The first-order chi connectivity index (χ1) is 14.9. The number of aromatic nitrogens is 3. The Morgan fingerprint density at radius 2 is 2.00 bits per heavy atom. The summed E-state index contributed by atoms with van der Waals surface area (Å²) in [5.74, 6) is 0.320. The van der Waals surface area contributed by atoms with E-state index in [0.29, 0.717) is 29.4 Å². The summed E-state index contributed by atoms with van der Waals surface area (Å²) in [5, 5.41) is 12.6. The molecule has 1 aliphatic rings. The number of anilines is 2. The molecule has 10 heteroatoms. The lowest BCUT2D eigenvalue weighted by molar-refractivity contribution is 0.0891. The molecule has 0 bridgehead atoms. The van der Waals surface area contributed by atoms with E-state index in [1.54, 1.807) is 29.9 Å². The first-order valence-electron chi connectivity index (χ1n) is 9.66. The second-order valence-corrected chi connectivity index (χ2v) is 7.06. The summed E-state index contributed by atoms with van der Waals surface area (Å²) in [7, 11) is 1.75.